The molecular weight excluding hydrogens is 166 g/mol. The van der Waals surface area contributed by atoms with Crippen molar-refractivity contribution in [3.8, 4) is 0 Å². The highest BCUT2D eigenvalue weighted by molar-refractivity contribution is 5.64. The standard InChI is InChI=1S/C10H13NO2/c1-13-8-10(7-12)11-9-5-3-2-4-6-9/h2-7,10-11H,8H2,1H3. The summed E-state index contributed by atoms with van der Waals surface area (Å²) in [5.41, 5.74) is 0.927. The molecule has 0 saturated carbocycles. The van der Waals surface area contributed by atoms with Crippen molar-refractivity contribution >= 4 is 12.0 Å². The molecule has 0 bridgehead atoms. The number of hydrogen-bond acceptors (Lipinski definition) is 3. The Kier molecular flexibility index (Phi) is 3.99. The van der Waals surface area contributed by atoms with Gasteiger partial charge in [0.1, 0.15) is 12.3 Å². The van der Waals surface area contributed by atoms with E-state index in [1.54, 1.807) is 7.11 Å². The molecule has 0 aliphatic heterocycles. The molecule has 0 saturated heterocycles. The Hall–Kier alpha value is -1.35. The number of carbonyl (C=O) groups excluding carboxylic acids is 1. The lowest BCUT2D eigenvalue weighted by molar-refractivity contribution is -0.109. The van der Waals surface area contributed by atoms with Gasteiger partial charge in [0.05, 0.1) is 6.61 Å². The maximum Gasteiger partial charge on any atom is 0.144 e. The van der Waals surface area contributed by atoms with Crippen molar-refractivity contribution < 1.29 is 9.53 Å². The van der Waals surface area contributed by atoms with Crippen LogP contribution in [-0.2, 0) is 9.53 Å². The molecule has 1 N–H and O–H groups in total. The molecule has 0 spiro atoms. The van der Waals surface area contributed by atoms with E-state index in [1.807, 2.05) is 30.3 Å². The first-order valence-corrected chi connectivity index (χ1v) is 4.12. The van der Waals surface area contributed by atoms with Gasteiger partial charge in [-0.2, -0.15) is 0 Å². The number of nitrogens with one attached hydrogen (secondary N) is 1. The van der Waals surface area contributed by atoms with Crippen LogP contribution >= 0.6 is 0 Å². The van der Waals surface area contributed by atoms with Crippen LogP contribution in [0.4, 0.5) is 5.69 Å². The van der Waals surface area contributed by atoms with Gasteiger partial charge in [-0.25, -0.2) is 0 Å². The topological polar surface area (TPSA) is 38.3 Å². The zero-order valence-electron chi connectivity index (χ0n) is 7.57. The quantitative estimate of drug-likeness (QED) is 0.693. The monoisotopic (exact) mass is 179 g/mol. The summed E-state index contributed by atoms with van der Waals surface area (Å²) in [6.45, 7) is 0.387. The Balaban J connectivity index is 2.51. The van der Waals surface area contributed by atoms with Gasteiger partial charge in [-0.05, 0) is 12.1 Å². The normalized spacial score (nSPS) is 12.1. The lowest BCUT2D eigenvalue weighted by Gasteiger charge is -2.12. The van der Waals surface area contributed by atoms with Gasteiger partial charge in [0.2, 0.25) is 0 Å². The van der Waals surface area contributed by atoms with E-state index < -0.39 is 0 Å². The Bertz CT molecular complexity index is 248. The average Bonchev–Trinajstić information content (AvgIpc) is 2.19. The number of hydrogen-bond donors (Lipinski definition) is 1. The summed E-state index contributed by atoms with van der Waals surface area (Å²) in [5, 5.41) is 3.04. The summed E-state index contributed by atoms with van der Waals surface area (Å²) in [7, 11) is 1.57. The molecule has 0 radical (unpaired) electrons. The summed E-state index contributed by atoms with van der Waals surface area (Å²) < 4.78 is 4.87. The summed E-state index contributed by atoms with van der Waals surface area (Å²) in [4.78, 5) is 10.6. The molecule has 1 unspecified atom stereocenters. The van der Waals surface area contributed by atoms with Crippen molar-refractivity contribution in [1.82, 2.24) is 0 Å². The first kappa shape index (κ1) is 9.74. The predicted octanol–water partition coefficient (Wildman–Crippen LogP) is 1.31. The van der Waals surface area contributed by atoms with Crippen molar-refractivity contribution in [2.24, 2.45) is 0 Å². The fourth-order valence-corrected chi connectivity index (χ4v) is 1.04. The third kappa shape index (κ3) is 3.25. The lowest BCUT2D eigenvalue weighted by Crippen LogP contribution is -2.26. The Morgan fingerprint density at radius 1 is 1.46 bits per heavy atom. The fraction of sp³-hybridized carbons (Fsp3) is 0.300. The summed E-state index contributed by atoms with van der Waals surface area (Å²) in [5.74, 6) is 0. The number of methoxy groups -OCH3 is 1. The maximum atomic E-state index is 10.6. The molecule has 3 heteroatoms. The zero-order chi connectivity index (χ0) is 9.52. The second kappa shape index (κ2) is 5.32. The molecule has 0 fully saturated rings. The van der Waals surface area contributed by atoms with Gasteiger partial charge in [-0.1, -0.05) is 18.2 Å². The van der Waals surface area contributed by atoms with Gasteiger partial charge in [0, 0.05) is 12.8 Å². The summed E-state index contributed by atoms with van der Waals surface area (Å²) in [6, 6.07) is 9.30. The van der Waals surface area contributed by atoms with Crippen molar-refractivity contribution in [3.63, 3.8) is 0 Å². The highest BCUT2D eigenvalue weighted by Crippen LogP contribution is 2.06. The Morgan fingerprint density at radius 3 is 2.69 bits per heavy atom. The van der Waals surface area contributed by atoms with Gasteiger partial charge >= 0.3 is 0 Å². The number of carbonyl (C=O) groups is 1. The van der Waals surface area contributed by atoms with Crippen LogP contribution in [0.2, 0.25) is 0 Å². The molecule has 0 amide bonds. The largest absolute Gasteiger partial charge is 0.382 e. The van der Waals surface area contributed by atoms with Gasteiger partial charge in [0.25, 0.3) is 0 Å². The van der Waals surface area contributed by atoms with E-state index >= 15 is 0 Å². The average molecular weight is 179 g/mol. The molecule has 0 aromatic heterocycles. The number of aldehydes is 1. The van der Waals surface area contributed by atoms with E-state index in [1.165, 1.54) is 0 Å². The number of anilines is 1. The molecule has 3 nitrogen and oxygen atoms in total. The van der Waals surface area contributed by atoms with Crippen LogP contribution in [0.1, 0.15) is 0 Å². The predicted molar refractivity (Wildman–Crippen MR) is 51.8 cm³/mol. The molecule has 1 aromatic carbocycles. The number of ether oxygens (including phenoxy) is 1. The van der Waals surface area contributed by atoms with E-state index in [0.29, 0.717) is 6.61 Å². The molecule has 13 heavy (non-hydrogen) atoms. The fourth-order valence-electron chi connectivity index (χ4n) is 1.04. The molecular formula is C10H13NO2. The third-order valence-corrected chi connectivity index (χ3v) is 1.64. The first-order chi connectivity index (χ1) is 6.36. The zero-order valence-corrected chi connectivity index (χ0v) is 7.57. The number of benzene rings is 1. The van der Waals surface area contributed by atoms with Gasteiger partial charge in [-0.15, -0.1) is 0 Å². The van der Waals surface area contributed by atoms with Crippen LogP contribution in [0.3, 0.4) is 0 Å². The van der Waals surface area contributed by atoms with Crippen molar-refractivity contribution in [3.05, 3.63) is 30.3 Å². The van der Waals surface area contributed by atoms with Crippen molar-refractivity contribution in [2.45, 2.75) is 6.04 Å². The highest BCUT2D eigenvalue weighted by Gasteiger charge is 2.04. The minimum Gasteiger partial charge on any atom is -0.382 e. The van der Waals surface area contributed by atoms with E-state index in [0.717, 1.165) is 12.0 Å². The maximum absolute atomic E-state index is 10.6. The van der Waals surface area contributed by atoms with Crippen LogP contribution in [-0.4, -0.2) is 26.0 Å². The van der Waals surface area contributed by atoms with Gasteiger partial charge < -0.3 is 14.8 Å². The van der Waals surface area contributed by atoms with Crippen molar-refractivity contribution in [1.29, 1.82) is 0 Å². The van der Waals surface area contributed by atoms with Crippen LogP contribution < -0.4 is 5.32 Å². The first-order valence-electron chi connectivity index (χ1n) is 4.12. The lowest BCUT2D eigenvalue weighted by atomic mass is 10.3. The number of rotatable bonds is 5. The van der Waals surface area contributed by atoms with E-state index in [9.17, 15) is 4.79 Å². The van der Waals surface area contributed by atoms with Gasteiger partial charge in [-0.3, -0.25) is 0 Å². The minimum atomic E-state index is -0.271. The molecule has 0 aliphatic carbocycles. The summed E-state index contributed by atoms with van der Waals surface area (Å²) >= 11 is 0. The SMILES string of the molecule is COCC(C=O)Nc1ccccc1. The Labute approximate surface area is 77.7 Å². The van der Waals surface area contributed by atoms with Gasteiger partial charge in [0.15, 0.2) is 0 Å². The molecule has 1 rings (SSSR count). The molecule has 1 aromatic rings. The second-order valence-corrected chi connectivity index (χ2v) is 2.71. The highest BCUT2D eigenvalue weighted by atomic mass is 16.5. The van der Waals surface area contributed by atoms with Crippen LogP contribution in [0, 0.1) is 0 Å². The van der Waals surface area contributed by atoms with Crippen LogP contribution in [0.5, 0.6) is 0 Å². The van der Waals surface area contributed by atoms with Crippen molar-refractivity contribution in [2.75, 3.05) is 19.0 Å². The third-order valence-electron chi connectivity index (χ3n) is 1.64. The van der Waals surface area contributed by atoms with E-state index in [-0.39, 0.29) is 6.04 Å². The molecule has 1 atom stereocenters. The minimum absolute atomic E-state index is 0.271. The second-order valence-electron chi connectivity index (χ2n) is 2.71. The molecule has 0 heterocycles. The Morgan fingerprint density at radius 2 is 2.15 bits per heavy atom. The summed E-state index contributed by atoms with van der Waals surface area (Å²) in [6.07, 6.45) is 0.844. The van der Waals surface area contributed by atoms with Crippen LogP contribution in [0.25, 0.3) is 0 Å². The smallest absolute Gasteiger partial charge is 0.144 e. The number of para-hydroxylation sites is 1. The molecule has 0 aliphatic rings. The van der Waals surface area contributed by atoms with E-state index in [2.05, 4.69) is 5.32 Å². The molecule has 70 valence electrons. The van der Waals surface area contributed by atoms with E-state index in [4.69, 9.17) is 4.74 Å². The van der Waals surface area contributed by atoms with Crippen LogP contribution in [0.15, 0.2) is 30.3 Å².